The molecule has 4 heterocycles. The summed E-state index contributed by atoms with van der Waals surface area (Å²) in [4.78, 5) is 75.3. The third-order valence-electron chi connectivity index (χ3n) is 10.3. The standard InChI is InChI=1S/C38H36ClF2N7O7/c1-42-30-7-6-23(16-27(30)39)55-22-4-2-21(3-5-22)44-35(50)26-20-43-33(19-28(26)40)47-12-10-46(11-13-47)14-15-54-32-18-25-24(17-29(32)41)37(52)48(38(25)53)31-8-9-34(49)45-36(31)51/h6-7,16-22,31H,2-5,8-15H2,(H,44,50)(H,45,49,51). The van der Waals surface area contributed by atoms with Crippen molar-refractivity contribution < 1.29 is 42.2 Å². The summed E-state index contributed by atoms with van der Waals surface area (Å²) >= 11 is 6.12. The minimum atomic E-state index is -1.16. The van der Waals surface area contributed by atoms with Crippen LogP contribution >= 0.6 is 11.6 Å². The maximum Gasteiger partial charge on any atom is 0.262 e. The van der Waals surface area contributed by atoms with E-state index in [1.54, 1.807) is 18.2 Å². The van der Waals surface area contributed by atoms with Gasteiger partial charge in [0.25, 0.3) is 17.7 Å². The van der Waals surface area contributed by atoms with Gasteiger partial charge in [0, 0.05) is 57.4 Å². The lowest BCUT2D eigenvalue weighted by molar-refractivity contribution is -0.136. The largest absolute Gasteiger partial charge is 0.490 e. The number of ether oxygens (including phenoxy) is 2. The molecule has 1 atom stereocenters. The monoisotopic (exact) mass is 775 g/mol. The Hall–Kier alpha value is -5.66. The van der Waals surface area contributed by atoms with Crippen LogP contribution in [0.15, 0.2) is 42.6 Å². The Morgan fingerprint density at radius 3 is 2.36 bits per heavy atom. The minimum absolute atomic E-state index is 0.0109. The van der Waals surface area contributed by atoms with E-state index in [4.69, 9.17) is 27.6 Å². The van der Waals surface area contributed by atoms with E-state index in [0.29, 0.717) is 80.7 Å². The number of fused-ring (bicyclic) bond motifs is 1. The van der Waals surface area contributed by atoms with E-state index in [-0.39, 0.29) is 54.0 Å². The van der Waals surface area contributed by atoms with Crippen molar-refractivity contribution in [3.05, 3.63) is 87.4 Å². The summed E-state index contributed by atoms with van der Waals surface area (Å²) < 4.78 is 41.9. The first-order chi connectivity index (χ1) is 26.5. The van der Waals surface area contributed by atoms with Crippen molar-refractivity contribution in [2.45, 2.75) is 56.7 Å². The number of carbonyl (C=O) groups is 5. The van der Waals surface area contributed by atoms with Crippen LogP contribution in [0.25, 0.3) is 4.85 Å². The molecule has 5 amide bonds. The number of piperazine rings is 1. The first kappa shape index (κ1) is 37.6. The van der Waals surface area contributed by atoms with Crippen molar-refractivity contribution in [3.63, 3.8) is 0 Å². The summed E-state index contributed by atoms with van der Waals surface area (Å²) in [6.07, 6.45) is 3.82. The molecule has 0 spiro atoms. The number of hydrogen-bond acceptors (Lipinski definition) is 10. The van der Waals surface area contributed by atoms with Crippen LogP contribution in [0, 0.1) is 18.2 Å². The molecule has 2 saturated heterocycles. The highest BCUT2D eigenvalue weighted by atomic mass is 35.5. The zero-order valence-electron chi connectivity index (χ0n) is 29.5. The van der Waals surface area contributed by atoms with Crippen molar-refractivity contribution in [3.8, 4) is 11.5 Å². The van der Waals surface area contributed by atoms with E-state index in [1.165, 1.54) is 12.3 Å². The summed E-state index contributed by atoms with van der Waals surface area (Å²) in [6, 6.07) is 7.00. The normalized spacial score (nSPS) is 21.5. The molecule has 3 aromatic rings. The molecule has 1 aliphatic carbocycles. The summed E-state index contributed by atoms with van der Waals surface area (Å²) in [5.74, 6) is -4.07. The van der Waals surface area contributed by atoms with Gasteiger partial charge in [-0.2, -0.15) is 0 Å². The molecular weight excluding hydrogens is 740 g/mol. The van der Waals surface area contributed by atoms with Crippen LogP contribution in [0.3, 0.4) is 0 Å². The molecule has 1 unspecified atom stereocenters. The first-order valence-corrected chi connectivity index (χ1v) is 18.3. The molecule has 4 aliphatic rings. The quantitative estimate of drug-likeness (QED) is 0.225. The number of hydrogen-bond donors (Lipinski definition) is 2. The number of carbonyl (C=O) groups excluding carboxylic acids is 5. The van der Waals surface area contributed by atoms with E-state index in [0.717, 1.165) is 17.0 Å². The number of nitrogens with one attached hydrogen (secondary N) is 2. The number of benzene rings is 2. The molecule has 286 valence electrons. The van der Waals surface area contributed by atoms with Gasteiger partial charge in [-0.1, -0.05) is 17.7 Å². The number of anilines is 1. The second kappa shape index (κ2) is 16.0. The van der Waals surface area contributed by atoms with Crippen LogP contribution in [0.4, 0.5) is 20.3 Å². The zero-order valence-corrected chi connectivity index (χ0v) is 30.2. The van der Waals surface area contributed by atoms with Crippen molar-refractivity contribution in [1.82, 2.24) is 25.4 Å². The lowest BCUT2D eigenvalue weighted by Gasteiger charge is -2.35. The van der Waals surface area contributed by atoms with Gasteiger partial charge < -0.3 is 19.7 Å². The zero-order chi connectivity index (χ0) is 38.8. The fourth-order valence-corrected chi connectivity index (χ4v) is 7.47. The fourth-order valence-electron chi connectivity index (χ4n) is 7.26. The predicted molar refractivity (Wildman–Crippen MR) is 193 cm³/mol. The van der Waals surface area contributed by atoms with Gasteiger partial charge in [-0.25, -0.2) is 18.6 Å². The number of imide groups is 2. The SMILES string of the molecule is [C-]#[N+]c1ccc(OC2CCC(NC(=O)c3cnc(N4CCN(CCOc5cc6c(cc5F)C(=O)N(C5CCC(=O)NC5=O)C6=O)CC4)cc3F)CC2)cc1Cl. The highest BCUT2D eigenvalue weighted by Gasteiger charge is 2.45. The number of halogens is 3. The summed E-state index contributed by atoms with van der Waals surface area (Å²) in [6.45, 7) is 9.78. The maximum atomic E-state index is 15.2. The Morgan fingerprint density at radius 1 is 0.964 bits per heavy atom. The molecule has 2 N–H and O–H groups in total. The number of piperidine rings is 1. The van der Waals surface area contributed by atoms with Gasteiger partial charge in [0.15, 0.2) is 11.6 Å². The second-order valence-corrected chi connectivity index (χ2v) is 14.2. The number of pyridine rings is 1. The summed E-state index contributed by atoms with van der Waals surface area (Å²) in [5, 5.41) is 5.37. The lowest BCUT2D eigenvalue weighted by Crippen LogP contribution is -2.54. The number of aromatic nitrogens is 1. The Morgan fingerprint density at radius 2 is 1.69 bits per heavy atom. The highest BCUT2D eigenvalue weighted by molar-refractivity contribution is 6.33. The molecule has 3 aliphatic heterocycles. The van der Waals surface area contributed by atoms with Gasteiger partial charge in [0.2, 0.25) is 17.5 Å². The van der Waals surface area contributed by atoms with E-state index in [2.05, 4.69) is 25.4 Å². The van der Waals surface area contributed by atoms with Crippen LogP contribution in [-0.4, -0.2) is 102 Å². The van der Waals surface area contributed by atoms with E-state index in [1.807, 2.05) is 4.90 Å². The van der Waals surface area contributed by atoms with Gasteiger partial charge in [0.1, 0.15) is 30.0 Å². The van der Waals surface area contributed by atoms with Crippen molar-refractivity contribution >= 4 is 52.6 Å². The summed E-state index contributed by atoms with van der Waals surface area (Å²) in [7, 11) is 0. The van der Waals surface area contributed by atoms with Gasteiger partial charge in [-0.3, -0.25) is 39.1 Å². The number of amides is 5. The van der Waals surface area contributed by atoms with E-state index >= 15 is 4.39 Å². The van der Waals surface area contributed by atoms with Crippen molar-refractivity contribution in [2.24, 2.45) is 0 Å². The minimum Gasteiger partial charge on any atom is -0.490 e. The molecule has 55 heavy (non-hydrogen) atoms. The van der Waals surface area contributed by atoms with E-state index < -0.39 is 47.2 Å². The number of rotatable bonds is 10. The van der Waals surface area contributed by atoms with Gasteiger partial charge in [-0.05, 0) is 56.4 Å². The third kappa shape index (κ3) is 8.08. The lowest BCUT2D eigenvalue weighted by atomic mass is 9.92. The van der Waals surface area contributed by atoms with Gasteiger partial charge >= 0.3 is 0 Å². The Labute approximate surface area is 319 Å². The predicted octanol–water partition coefficient (Wildman–Crippen LogP) is 4.29. The average molecular weight is 776 g/mol. The van der Waals surface area contributed by atoms with Crippen LogP contribution < -0.4 is 25.0 Å². The molecule has 3 fully saturated rings. The molecule has 2 aromatic carbocycles. The van der Waals surface area contributed by atoms with Crippen LogP contribution in [-0.2, 0) is 9.59 Å². The molecule has 1 aromatic heterocycles. The average Bonchev–Trinajstić information content (AvgIpc) is 3.40. The third-order valence-corrected chi connectivity index (χ3v) is 10.6. The van der Waals surface area contributed by atoms with Crippen molar-refractivity contribution in [1.29, 1.82) is 0 Å². The molecular formula is C38H36ClF2N7O7. The van der Waals surface area contributed by atoms with Crippen LogP contribution in [0.5, 0.6) is 11.5 Å². The Bertz CT molecular complexity index is 2100. The first-order valence-electron chi connectivity index (χ1n) is 17.9. The number of nitrogens with zero attached hydrogens (tertiary/aromatic N) is 5. The molecule has 0 radical (unpaired) electrons. The smallest absolute Gasteiger partial charge is 0.262 e. The second-order valence-electron chi connectivity index (χ2n) is 13.8. The maximum absolute atomic E-state index is 15.2. The molecule has 7 rings (SSSR count). The molecule has 1 saturated carbocycles. The van der Waals surface area contributed by atoms with Crippen molar-refractivity contribution in [2.75, 3.05) is 44.2 Å². The Kier molecular flexibility index (Phi) is 10.9. The fraction of sp³-hybridized carbons (Fsp3) is 0.395. The van der Waals surface area contributed by atoms with E-state index in [9.17, 15) is 28.4 Å². The molecule has 0 bridgehead atoms. The van der Waals surface area contributed by atoms with Gasteiger partial charge in [0.05, 0.1) is 34.4 Å². The molecule has 14 nitrogen and oxygen atoms in total. The molecule has 17 heteroatoms. The topological polar surface area (TPSA) is 155 Å². The summed E-state index contributed by atoms with van der Waals surface area (Å²) in [5.41, 5.74) is -0.0328. The highest BCUT2D eigenvalue weighted by Crippen LogP contribution is 2.33. The van der Waals surface area contributed by atoms with Crippen LogP contribution in [0.2, 0.25) is 5.02 Å². The Balaban J connectivity index is 0.852. The van der Waals surface area contributed by atoms with Gasteiger partial charge in [-0.15, -0.1) is 0 Å². The van der Waals surface area contributed by atoms with Crippen LogP contribution in [0.1, 0.15) is 69.6 Å².